The number of carbonyl (C=O) groups is 1. The van der Waals surface area contributed by atoms with Crippen LogP contribution in [0.2, 0.25) is 0 Å². The molecule has 3 rings (SSSR count). The second kappa shape index (κ2) is 9.37. The van der Waals surface area contributed by atoms with Gasteiger partial charge in [-0.2, -0.15) is 15.9 Å². The maximum absolute atomic E-state index is 12.3. The van der Waals surface area contributed by atoms with Gasteiger partial charge in [0.2, 0.25) is 5.91 Å². The molecular formula is C22H17N2O2S-. The quantitative estimate of drug-likeness (QED) is 0.434. The fourth-order valence-corrected chi connectivity index (χ4v) is 3.00. The van der Waals surface area contributed by atoms with Crippen LogP contribution in [0.5, 0.6) is 0 Å². The van der Waals surface area contributed by atoms with Crippen molar-refractivity contribution in [2.75, 3.05) is 0 Å². The van der Waals surface area contributed by atoms with Crippen LogP contribution in [0.15, 0.2) is 79.1 Å². The number of carbonyl (C=O) groups excluding carboxylic acids is 1. The van der Waals surface area contributed by atoms with E-state index < -0.39 is 16.5 Å². The summed E-state index contributed by atoms with van der Waals surface area (Å²) in [6.07, 6.45) is 3.53. The first-order chi connectivity index (χ1) is 13.2. The van der Waals surface area contributed by atoms with Gasteiger partial charge in [0.15, 0.2) is 0 Å². The van der Waals surface area contributed by atoms with Gasteiger partial charge in [0.05, 0.1) is 5.56 Å². The summed E-state index contributed by atoms with van der Waals surface area (Å²) in [5, 5.41) is 1.56. The van der Waals surface area contributed by atoms with E-state index in [1.807, 2.05) is 60.7 Å². The second-order valence-electron chi connectivity index (χ2n) is 5.66. The van der Waals surface area contributed by atoms with Gasteiger partial charge in [0.25, 0.3) is 0 Å². The molecule has 1 N–H and O–H groups in total. The maximum Gasteiger partial charge on any atom is 0.236 e. The summed E-state index contributed by atoms with van der Waals surface area (Å²) in [5.41, 5.74) is 2.84. The first kappa shape index (κ1) is 18.4. The first-order valence-electron chi connectivity index (χ1n) is 8.31. The van der Waals surface area contributed by atoms with Gasteiger partial charge in [-0.25, -0.2) is 0 Å². The minimum absolute atomic E-state index is 0.316. The van der Waals surface area contributed by atoms with Crippen molar-refractivity contribution in [1.29, 1.82) is 0 Å². The summed E-state index contributed by atoms with van der Waals surface area (Å²) in [6.45, 7) is 0. The van der Waals surface area contributed by atoms with E-state index in [1.54, 1.807) is 17.6 Å². The molecule has 0 aliphatic heterocycles. The predicted octanol–water partition coefficient (Wildman–Crippen LogP) is 3.13. The summed E-state index contributed by atoms with van der Waals surface area (Å²) < 4.78 is 14.5. The lowest BCUT2D eigenvalue weighted by Crippen LogP contribution is -2.22. The summed E-state index contributed by atoms with van der Waals surface area (Å²) >= 11 is 0. The minimum atomic E-state index is -1.58. The molecule has 0 atom stereocenters. The Morgan fingerprint density at radius 3 is 2.37 bits per heavy atom. The smallest absolute Gasteiger partial charge is 0.236 e. The Morgan fingerprint density at radius 1 is 0.963 bits per heavy atom. The molecule has 0 radical (unpaired) electrons. The zero-order valence-electron chi connectivity index (χ0n) is 14.5. The number of hydrogen-bond acceptors (Lipinski definition) is 4. The molecule has 134 valence electrons. The molecule has 0 saturated carbocycles. The summed E-state index contributed by atoms with van der Waals surface area (Å²) in [5.74, 6) is 5.55. The average molecular weight is 373 g/mol. The van der Waals surface area contributed by atoms with Crippen molar-refractivity contribution in [2.45, 2.75) is 6.42 Å². The van der Waals surface area contributed by atoms with Gasteiger partial charge in [-0.05, 0) is 30.2 Å². The monoisotopic (exact) mass is 373 g/mol. The van der Waals surface area contributed by atoms with Crippen LogP contribution in [0.1, 0.15) is 27.0 Å². The first-order valence-corrected chi connectivity index (χ1v) is 9.53. The molecule has 1 aromatic heterocycles. The van der Waals surface area contributed by atoms with Gasteiger partial charge >= 0.3 is 0 Å². The Hall–Kier alpha value is -3.36. The van der Waals surface area contributed by atoms with Crippen molar-refractivity contribution in [3.8, 4) is 11.8 Å². The van der Waals surface area contributed by atoms with Crippen molar-refractivity contribution in [3.63, 3.8) is 0 Å². The Kier molecular flexibility index (Phi) is 6.40. The van der Waals surface area contributed by atoms with Crippen molar-refractivity contribution < 1.29 is 9.00 Å². The van der Waals surface area contributed by atoms with E-state index in [2.05, 4.69) is 21.5 Å². The lowest BCUT2D eigenvalue weighted by Gasteiger charge is -2.09. The summed E-state index contributed by atoms with van der Waals surface area (Å²) in [7, 11) is -1.58. The molecule has 4 nitrogen and oxygen atoms in total. The van der Waals surface area contributed by atoms with E-state index in [0.717, 1.165) is 11.1 Å². The Morgan fingerprint density at radius 2 is 1.63 bits per heavy atom. The lowest BCUT2D eigenvalue weighted by molar-refractivity contribution is 0.0983. The average Bonchev–Trinajstić information content (AvgIpc) is 2.72. The molecule has 1 amide bonds. The Labute approximate surface area is 160 Å². The molecule has 0 spiro atoms. The van der Waals surface area contributed by atoms with Gasteiger partial charge in [0.1, 0.15) is 0 Å². The van der Waals surface area contributed by atoms with Crippen LogP contribution >= 0.6 is 0 Å². The van der Waals surface area contributed by atoms with Crippen molar-refractivity contribution >= 4 is 21.8 Å². The molecule has 0 aliphatic rings. The molecule has 2 aromatic carbocycles. The molecule has 5 heteroatoms. The Balaban J connectivity index is 1.67. The predicted molar refractivity (Wildman–Crippen MR) is 108 cm³/mol. The number of rotatable bonds is 4. The molecule has 1 heterocycles. The van der Waals surface area contributed by atoms with Crippen LogP contribution in [-0.2, 0) is 21.2 Å². The van der Waals surface area contributed by atoms with Crippen LogP contribution < -0.4 is 4.72 Å². The third-order valence-corrected chi connectivity index (χ3v) is 4.49. The number of hydrogen-bond donors (Lipinski definition) is 1. The van der Waals surface area contributed by atoms with E-state index in [-0.39, 0.29) is 0 Å². The topological polar surface area (TPSA) is 59.1 Å². The van der Waals surface area contributed by atoms with Crippen LogP contribution in [0.4, 0.5) is 0 Å². The Bertz CT molecular complexity index is 1060. The summed E-state index contributed by atoms with van der Waals surface area (Å²) in [6, 6.07) is 20.8. The number of aromatic nitrogens is 1. The summed E-state index contributed by atoms with van der Waals surface area (Å²) in [4.78, 5) is 16.3. The molecule has 0 bridgehead atoms. The molecular weight excluding hydrogens is 356 g/mol. The molecule has 0 saturated heterocycles. The van der Waals surface area contributed by atoms with Crippen LogP contribution in [0, 0.1) is 11.8 Å². The van der Waals surface area contributed by atoms with E-state index in [0.29, 0.717) is 17.5 Å². The second-order valence-corrected chi connectivity index (χ2v) is 6.80. The van der Waals surface area contributed by atoms with Gasteiger partial charge in [0, 0.05) is 23.5 Å². The SMILES string of the molecule is O=C(N[S-](=O)=CCc1ccccc1)c1cncc(C#Cc2ccccc2)c1. The highest BCUT2D eigenvalue weighted by Gasteiger charge is 2.03. The number of nitrogens with zero attached hydrogens (tertiary/aromatic N) is 1. The highest BCUT2D eigenvalue weighted by atomic mass is 32.2. The fourth-order valence-electron chi connectivity index (χ4n) is 2.28. The highest BCUT2D eigenvalue weighted by Crippen LogP contribution is 2.03. The van der Waals surface area contributed by atoms with Crippen molar-refractivity contribution in [3.05, 3.63) is 101 Å². The molecule has 27 heavy (non-hydrogen) atoms. The van der Waals surface area contributed by atoms with Gasteiger partial charge in [-0.1, -0.05) is 60.4 Å². The van der Waals surface area contributed by atoms with E-state index >= 15 is 0 Å². The number of pyridine rings is 1. The lowest BCUT2D eigenvalue weighted by atomic mass is 10.2. The standard InChI is InChI=1S/C22H17N2O2S/c25-22(24-27(26)14-13-19-9-5-2-6-10-19)21-15-20(16-23-17-21)12-11-18-7-3-1-4-8-18/h1-10,14-17H,13H2,(H,24,25,26)/q-1. The molecule has 3 aromatic rings. The highest BCUT2D eigenvalue weighted by molar-refractivity contribution is 7.82. The third-order valence-electron chi connectivity index (χ3n) is 3.63. The zero-order chi connectivity index (χ0) is 18.9. The molecule has 0 unspecified atom stereocenters. The molecule has 0 fully saturated rings. The normalized spacial score (nSPS) is 11.3. The van der Waals surface area contributed by atoms with Crippen molar-refractivity contribution in [1.82, 2.24) is 9.71 Å². The van der Waals surface area contributed by atoms with E-state index in [9.17, 15) is 9.00 Å². The van der Waals surface area contributed by atoms with Crippen LogP contribution in [0.3, 0.4) is 0 Å². The third kappa shape index (κ3) is 5.84. The van der Waals surface area contributed by atoms with E-state index in [4.69, 9.17) is 0 Å². The number of nitrogens with one attached hydrogen (secondary N) is 1. The van der Waals surface area contributed by atoms with Gasteiger partial charge in [-0.3, -0.25) is 9.78 Å². The van der Waals surface area contributed by atoms with Gasteiger partial charge in [-0.15, -0.1) is 0 Å². The largest absolute Gasteiger partial charge is 0.442 e. The fraction of sp³-hybridized carbons (Fsp3) is 0.0455. The van der Waals surface area contributed by atoms with E-state index in [1.165, 1.54) is 6.20 Å². The minimum Gasteiger partial charge on any atom is -0.442 e. The zero-order valence-corrected chi connectivity index (χ0v) is 15.3. The van der Waals surface area contributed by atoms with Crippen LogP contribution in [0.25, 0.3) is 0 Å². The molecule has 0 aliphatic carbocycles. The maximum atomic E-state index is 12.3. The van der Waals surface area contributed by atoms with Crippen molar-refractivity contribution in [2.24, 2.45) is 0 Å². The van der Waals surface area contributed by atoms with Gasteiger partial charge < -0.3 is 8.93 Å². The van der Waals surface area contributed by atoms with Crippen LogP contribution in [-0.4, -0.2) is 16.3 Å². The number of benzene rings is 2. The number of amides is 1.